The SMILES string of the molecule is CCCCOC(=O)N1CC2(CC(C=O)C2)C1. The molecule has 0 radical (unpaired) electrons. The number of rotatable bonds is 4. The van der Waals surface area contributed by atoms with Gasteiger partial charge in [0, 0.05) is 24.4 Å². The number of unbranched alkanes of at least 4 members (excludes halogenated alkanes) is 1. The standard InChI is InChI=1S/C12H19NO3/c1-2-3-4-16-11(15)13-8-12(9-13)5-10(6-12)7-14/h7,10H,2-6,8-9H2,1H3. The van der Waals surface area contributed by atoms with Gasteiger partial charge in [0.15, 0.2) is 0 Å². The van der Waals surface area contributed by atoms with Gasteiger partial charge in [-0.3, -0.25) is 0 Å². The van der Waals surface area contributed by atoms with E-state index in [2.05, 4.69) is 6.92 Å². The smallest absolute Gasteiger partial charge is 0.409 e. The summed E-state index contributed by atoms with van der Waals surface area (Å²) in [4.78, 5) is 23.8. The zero-order valence-corrected chi connectivity index (χ0v) is 9.78. The van der Waals surface area contributed by atoms with Crippen LogP contribution in [0.4, 0.5) is 4.79 Å². The fourth-order valence-electron chi connectivity index (χ4n) is 2.69. The van der Waals surface area contributed by atoms with Gasteiger partial charge in [-0.15, -0.1) is 0 Å². The van der Waals surface area contributed by atoms with Crippen molar-refractivity contribution in [2.75, 3.05) is 19.7 Å². The van der Waals surface area contributed by atoms with Crippen LogP contribution in [0.25, 0.3) is 0 Å². The Kier molecular flexibility index (Phi) is 3.17. The van der Waals surface area contributed by atoms with Gasteiger partial charge in [-0.25, -0.2) is 4.79 Å². The fourth-order valence-corrected chi connectivity index (χ4v) is 2.69. The fraction of sp³-hybridized carbons (Fsp3) is 0.833. The normalized spacial score (nSPS) is 22.4. The third-order valence-electron chi connectivity index (χ3n) is 3.62. The molecule has 0 aromatic rings. The monoisotopic (exact) mass is 225 g/mol. The van der Waals surface area contributed by atoms with Crippen molar-refractivity contribution in [3.8, 4) is 0 Å². The maximum atomic E-state index is 11.5. The average molecular weight is 225 g/mol. The maximum Gasteiger partial charge on any atom is 0.409 e. The van der Waals surface area contributed by atoms with Gasteiger partial charge >= 0.3 is 6.09 Å². The summed E-state index contributed by atoms with van der Waals surface area (Å²) in [5.41, 5.74) is 0.259. The second kappa shape index (κ2) is 4.44. The van der Waals surface area contributed by atoms with Gasteiger partial charge in [-0.1, -0.05) is 13.3 Å². The quantitative estimate of drug-likeness (QED) is 0.541. The molecule has 90 valence electrons. The summed E-state index contributed by atoms with van der Waals surface area (Å²) in [5.74, 6) is 0.235. The molecule has 1 aliphatic heterocycles. The van der Waals surface area contributed by atoms with Crippen molar-refractivity contribution >= 4 is 12.4 Å². The highest BCUT2D eigenvalue weighted by molar-refractivity contribution is 5.69. The van der Waals surface area contributed by atoms with Crippen LogP contribution in [0.1, 0.15) is 32.6 Å². The largest absolute Gasteiger partial charge is 0.449 e. The first-order valence-electron chi connectivity index (χ1n) is 6.06. The Morgan fingerprint density at radius 2 is 2.19 bits per heavy atom. The van der Waals surface area contributed by atoms with Crippen LogP contribution in [-0.4, -0.2) is 37.0 Å². The van der Waals surface area contributed by atoms with Crippen LogP contribution < -0.4 is 0 Å². The minimum Gasteiger partial charge on any atom is -0.449 e. The van der Waals surface area contributed by atoms with E-state index >= 15 is 0 Å². The molecular formula is C12H19NO3. The van der Waals surface area contributed by atoms with E-state index in [1.807, 2.05) is 0 Å². The van der Waals surface area contributed by atoms with Crippen LogP contribution in [0.15, 0.2) is 0 Å². The second-order valence-corrected chi connectivity index (χ2v) is 5.13. The number of amides is 1. The summed E-state index contributed by atoms with van der Waals surface area (Å²) in [6.45, 7) is 4.15. The lowest BCUT2D eigenvalue weighted by Gasteiger charge is -2.57. The Labute approximate surface area is 95.9 Å². The number of likely N-dealkylation sites (tertiary alicyclic amines) is 1. The van der Waals surface area contributed by atoms with Crippen molar-refractivity contribution < 1.29 is 14.3 Å². The van der Waals surface area contributed by atoms with Gasteiger partial charge in [0.05, 0.1) is 6.61 Å². The molecule has 2 rings (SSSR count). The first-order chi connectivity index (χ1) is 7.69. The molecule has 0 N–H and O–H groups in total. The van der Waals surface area contributed by atoms with Gasteiger partial charge in [-0.05, 0) is 19.3 Å². The number of carbonyl (C=O) groups is 2. The van der Waals surface area contributed by atoms with Crippen molar-refractivity contribution in [1.82, 2.24) is 4.90 Å². The van der Waals surface area contributed by atoms with Gasteiger partial charge in [0.25, 0.3) is 0 Å². The molecule has 16 heavy (non-hydrogen) atoms. The molecule has 2 aliphatic rings. The average Bonchev–Trinajstić information content (AvgIpc) is 2.14. The molecule has 1 saturated carbocycles. The molecule has 4 heteroatoms. The van der Waals surface area contributed by atoms with Crippen LogP contribution in [0.2, 0.25) is 0 Å². The summed E-state index contributed by atoms with van der Waals surface area (Å²) < 4.78 is 5.12. The number of hydrogen-bond acceptors (Lipinski definition) is 3. The number of carbonyl (C=O) groups excluding carboxylic acids is 2. The molecule has 0 aromatic heterocycles. The molecule has 0 atom stereocenters. The molecule has 0 unspecified atom stereocenters. The minimum atomic E-state index is -0.186. The van der Waals surface area contributed by atoms with Crippen LogP contribution in [0.5, 0.6) is 0 Å². The van der Waals surface area contributed by atoms with Gasteiger partial charge < -0.3 is 14.4 Å². The Morgan fingerprint density at radius 3 is 2.75 bits per heavy atom. The topological polar surface area (TPSA) is 46.6 Å². The van der Waals surface area contributed by atoms with Gasteiger partial charge in [-0.2, -0.15) is 0 Å². The number of nitrogens with zero attached hydrogens (tertiary/aromatic N) is 1. The Balaban J connectivity index is 1.65. The molecule has 0 bridgehead atoms. The highest BCUT2D eigenvalue weighted by Crippen LogP contribution is 2.51. The van der Waals surface area contributed by atoms with Gasteiger partial charge in [0.2, 0.25) is 0 Å². The summed E-state index contributed by atoms with van der Waals surface area (Å²) in [6, 6.07) is 0. The van der Waals surface area contributed by atoms with E-state index in [4.69, 9.17) is 4.74 Å². The molecule has 1 saturated heterocycles. The van der Waals surface area contributed by atoms with Crippen molar-refractivity contribution in [2.24, 2.45) is 11.3 Å². The van der Waals surface area contributed by atoms with Crippen LogP contribution in [-0.2, 0) is 9.53 Å². The Bertz CT molecular complexity index is 276. The third-order valence-corrected chi connectivity index (χ3v) is 3.62. The predicted molar refractivity (Wildman–Crippen MR) is 59.1 cm³/mol. The zero-order chi connectivity index (χ0) is 11.6. The van der Waals surface area contributed by atoms with Crippen LogP contribution in [0, 0.1) is 11.3 Å². The highest BCUT2D eigenvalue weighted by Gasteiger charge is 2.53. The molecule has 1 aliphatic carbocycles. The summed E-state index contributed by atoms with van der Waals surface area (Å²) >= 11 is 0. The highest BCUT2D eigenvalue weighted by atomic mass is 16.6. The Hall–Kier alpha value is -1.06. The number of aldehydes is 1. The molecule has 1 heterocycles. The molecule has 1 amide bonds. The summed E-state index contributed by atoms with van der Waals surface area (Å²) in [6.07, 6.45) is 4.72. The molecule has 0 aromatic carbocycles. The zero-order valence-electron chi connectivity index (χ0n) is 9.78. The van der Waals surface area contributed by atoms with Crippen molar-refractivity contribution in [3.05, 3.63) is 0 Å². The lowest BCUT2D eigenvalue weighted by molar-refractivity contribution is -0.127. The molecule has 4 nitrogen and oxygen atoms in total. The molecule has 2 fully saturated rings. The predicted octanol–water partition coefficient (Wildman–Crippen LogP) is 1.83. The first kappa shape index (κ1) is 11.4. The maximum absolute atomic E-state index is 11.5. The minimum absolute atomic E-state index is 0.186. The second-order valence-electron chi connectivity index (χ2n) is 5.13. The van der Waals surface area contributed by atoms with E-state index in [-0.39, 0.29) is 17.4 Å². The lowest BCUT2D eigenvalue weighted by atomic mass is 9.58. The van der Waals surface area contributed by atoms with Crippen molar-refractivity contribution in [2.45, 2.75) is 32.6 Å². The van der Waals surface area contributed by atoms with Gasteiger partial charge in [0.1, 0.15) is 6.29 Å². The Morgan fingerprint density at radius 1 is 1.50 bits per heavy atom. The van der Waals surface area contributed by atoms with E-state index < -0.39 is 0 Å². The van der Waals surface area contributed by atoms with E-state index in [9.17, 15) is 9.59 Å². The molecule has 1 spiro atoms. The number of ether oxygens (including phenoxy) is 1. The van der Waals surface area contributed by atoms with E-state index in [0.29, 0.717) is 6.61 Å². The van der Waals surface area contributed by atoms with Crippen LogP contribution >= 0.6 is 0 Å². The first-order valence-corrected chi connectivity index (χ1v) is 6.06. The summed E-state index contributed by atoms with van der Waals surface area (Å²) in [5, 5.41) is 0. The third kappa shape index (κ3) is 2.06. The number of hydrogen-bond donors (Lipinski definition) is 0. The van der Waals surface area contributed by atoms with E-state index in [0.717, 1.165) is 45.1 Å². The molecular weight excluding hydrogens is 206 g/mol. The van der Waals surface area contributed by atoms with Crippen molar-refractivity contribution in [1.29, 1.82) is 0 Å². The van der Waals surface area contributed by atoms with E-state index in [1.54, 1.807) is 4.90 Å². The van der Waals surface area contributed by atoms with Crippen LogP contribution in [0.3, 0.4) is 0 Å². The van der Waals surface area contributed by atoms with Crippen molar-refractivity contribution in [3.63, 3.8) is 0 Å². The lowest BCUT2D eigenvalue weighted by Crippen LogP contribution is -2.64. The van der Waals surface area contributed by atoms with E-state index in [1.165, 1.54) is 0 Å². The summed E-state index contributed by atoms with van der Waals surface area (Å²) in [7, 11) is 0.